The number of rotatable bonds is 0. The molecule has 0 atom stereocenters. The first kappa shape index (κ1) is 8.22. The van der Waals surface area contributed by atoms with Gasteiger partial charge in [-0.2, -0.15) is 0 Å². The van der Waals surface area contributed by atoms with Gasteiger partial charge < -0.3 is 0 Å². The highest BCUT2D eigenvalue weighted by molar-refractivity contribution is 6.12. The van der Waals surface area contributed by atoms with Gasteiger partial charge in [-0.1, -0.05) is 30.3 Å². The molecule has 0 amide bonds. The summed E-state index contributed by atoms with van der Waals surface area (Å²) in [5.41, 5.74) is 4.64. The summed E-state index contributed by atoms with van der Waals surface area (Å²) in [6.07, 6.45) is 3.36. The predicted molar refractivity (Wildman–Crippen MR) is 60.8 cm³/mol. The van der Waals surface area contributed by atoms with E-state index < -0.39 is 0 Å². The summed E-state index contributed by atoms with van der Waals surface area (Å²) in [5, 5.41) is 2.27. The van der Waals surface area contributed by atoms with Crippen molar-refractivity contribution in [2.24, 2.45) is 0 Å². The molecular formula is C14H8O. The van der Waals surface area contributed by atoms with Gasteiger partial charge in [-0.05, 0) is 22.9 Å². The van der Waals surface area contributed by atoms with Crippen LogP contribution in [0.2, 0.25) is 0 Å². The van der Waals surface area contributed by atoms with Crippen molar-refractivity contribution < 1.29 is 4.79 Å². The van der Waals surface area contributed by atoms with Crippen LogP contribution in [0, 0.1) is 0 Å². The molecule has 15 heavy (non-hydrogen) atoms. The zero-order valence-electron chi connectivity index (χ0n) is 8.03. The number of carbonyl (C=O) groups is 1. The second-order valence-electron chi connectivity index (χ2n) is 3.57. The fourth-order valence-electron chi connectivity index (χ4n) is 1.94. The highest BCUT2D eigenvalue weighted by Crippen LogP contribution is 2.25. The van der Waals surface area contributed by atoms with E-state index in [4.69, 9.17) is 0 Å². The lowest BCUT2D eigenvalue weighted by molar-refractivity contribution is 0.104. The number of fused-ring (bicyclic) bond motifs is 3. The van der Waals surface area contributed by atoms with Crippen molar-refractivity contribution in [1.29, 1.82) is 0 Å². The molecule has 70 valence electrons. The molecular weight excluding hydrogens is 184 g/mol. The molecule has 0 saturated heterocycles. The van der Waals surface area contributed by atoms with E-state index in [1.165, 1.54) is 6.08 Å². The molecule has 0 saturated carbocycles. The molecule has 0 aromatic heterocycles. The molecule has 0 spiro atoms. The molecule has 3 rings (SSSR count). The third-order valence-electron chi connectivity index (χ3n) is 2.68. The van der Waals surface area contributed by atoms with Crippen LogP contribution in [0.25, 0.3) is 16.8 Å². The lowest BCUT2D eigenvalue weighted by atomic mass is 9.94. The quantitative estimate of drug-likeness (QED) is 0.586. The van der Waals surface area contributed by atoms with Gasteiger partial charge in [0, 0.05) is 17.2 Å². The van der Waals surface area contributed by atoms with Crippen molar-refractivity contribution in [2.75, 3.05) is 0 Å². The van der Waals surface area contributed by atoms with Crippen molar-refractivity contribution in [2.45, 2.75) is 0 Å². The Morgan fingerprint density at radius 3 is 2.73 bits per heavy atom. The lowest BCUT2D eigenvalue weighted by Gasteiger charge is -2.08. The van der Waals surface area contributed by atoms with Gasteiger partial charge in [0.1, 0.15) is 0 Å². The number of allylic oxidation sites excluding steroid dienone is 1. The second kappa shape index (κ2) is 2.94. The third-order valence-corrected chi connectivity index (χ3v) is 2.68. The van der Waals surface area contributed by atoms with Crippen molar-refractivity contribution >= 4 is 22.6 Å². The van der Waals surface area contributed by atoms with Crippen LogP contribution in [0.5, 0.6) is 0 Å². The van der Waals surface area contributed by atoms with Crippen LogP contribution in [0.1, 0.15) is 15.9 Å². The molecule has 0 heterocycles. The van der Waals surface area contributed by atoms with Crippen LogP contribution in [-0.2, 0) is 0 Å². The molecule has 0 bridgehead atoms. The zero-order chi connectivity index (χ0) is 10.3. The summed E-state index contributed by atoms with van der Waals surface area (Å²) in [6, 6.07) is 11.9. The Morgan fingerprint density at radius 2 is 1.80 bits per heavy atom. The molecule has 0 fully saturated rings. The fourth-order valence-corrected chi connectivity index (χ4v) is 1.94. The van der Waals surface area contributed by atoms with E-state index in [-0.39, 0.29) is 5.78 Å². The molecule has 1 aliphatic carbocycles. The monoisotopic (exact) mass is 192 g/mol. The largest absolute Gasteiger partial charge is 0.289 e. The minimum absolute atomic E-state index is 0.0400. The summed E-state index contributed by atoms with van der Waals surface area (Å²) < 4.78 is 0. The van der Waals surface area contributed by atoms with Crippen LogP contribution < -0.4 is 0 Å². The van der Waals surface area contributed by atoms with Gasteiger partial charge in [0.25, 0.3) is 0 Å². The molecule has 1 aliphatic rings. The van der Waals surface area contributed by atoms with Crippen LogP contribution >= 0.6 is 0 Å². The molecule has 0 radical (unpaired) electrons. The summed E-state index contributed by atoms with van der Waals surface area (Å²) in [4.78, 5) is 11.6. The van der Waals surface area contributed by atoms with Gasteiger partial charge in [0.15, 0.2) is 5.78 Å². The van der Waals surface area contributed by atoms with E-state index in [2.05, 4.69) is 5.73 Å². The number of ketones is 1. The molecule has 2 aromatic rings. The van der Waals surface area contributed by atoms with Crippen molar-refractivity contribution in [3.8, 4) is 0 Å². The highest BCUT2D eigenvalue weighted by atomic mass is 16.1. The molecule has 0 N–H and O–H groups in total. The minimum Gasteiger partial charge on any atom is -0.289 e. The van der Waals surface area contributed by atoms with Crippen LogP contribution in [0.15, 0.2) is 48.2 Å². The molecule has 1 nitrogen and oxygen atoms in total. The summed E-state index contributed by atoms with van der Waals surface area (Å²) in [6.45, 7) is 0. The molecule has 0 unspecified atom stereocenters. The number of hydrogen-bond donors (Lipinski definition) is 0. The average Bonchev–Trinajstić information content (AvgIpc) is 2.29. The minimum atomic E-state index is 0.0400. The van der Waals surface area contributed by atoms with E-state index >= 15 is 0 Å². The normalized spacial score (nSPS) is 13.2. The first-order valence-corrected chi connectivity index (χ1v) is 4.85. The Morgan fingerprint density at radius 1 is 0.933 bits per heavy atom. The average molecular weight is 192 g/mol. The second-order valence-corrected chi connectivity index (χ2v) is 3.57. The van der Waals surface area contributed by atoms with E-state index in [0.29, 0.717) is 0 Å². The smallest absolute Gasteiger partial charge is 0.194 e. The maximum Gasteiger partial charge on any atom is 0.194 e. The van der Waals surface area contributed by atoms with E-state index in [0.717, 1.165) is 21.9 Å². The van der Waals surface area contributed by atoms with E-state index in [1.807, 2.05) is 42.5 Å². The third kappa shape index (κ3) is 1.14. The van der Waals surface area contributed by atoms with Crippen molar-refractivity contribution in [3.05, 3.63) is 59.3 Å². The zero-order valence-corrected chi connectivity index (χ0v) is 8.03. The van der Waals surface area contributed by atoms with Gasteiger partial charge in [0.05, 0.1) is 0 Å². The van der Waals surface area contributed by atoms with Crippen molar-refractivity contribution in [1.82, 2.24) is 0 Å². The molecule has 0 aliphatic heterocycles. The molecule has 2 aromatic carbocycles. The maximum atomic E-state index is 11.6. The van der Waals surface area contributed by atoms with Crippen LogP contribution in [0.4, 0.5) is 0 Å². The Hall–Kier alpha value is -2.11. The van der Waals surface area contributed by atoms with E-state index in [9.17, 15) is 4.79 Å². The summed E-state index contributed by atoms with van der Waals surface area (Å²) >= 11 is 0. The standard InChI is InChI=1S/C14H8O/c15-14-7-3-6-12-11-5-2-1-4-10(11)8-9-13(12)14/h1-2,4-9H. The Bertz CT molecular complexity index is 629. The summed E-state index contributed by atoms with van der Waals surface area (Å²) in [7, 11) is 0. The fraction of sp³-hybridized carbons (Fsp3) is 0. The first-order chi connectivity index (χ1) is 7.36. The SMILES string of the molecule is O=C1C=C=Cc2c1ccc1ccccc21. The van der Waals surface area contributed by atoms with Crippen molar-refractivity contribution in [3.63, 3.8) is 0 Å². The predicted octanol–water partition coefficient (Wildman–Crippen LogP) is 3.20. The van der Waals surface area contributed by atoms with Gasteiger partial charge in [-0.3, -0.25) is 4.79 Å². The van der Waals surface area contributed by atoms with Gasteiger partial charge in [0.2, 0.25) is 0 Å². The number of carbonyl (C=O) groups excluding carboxylic acids is 1. The van der Waals surface area contributed by atoms with Gasteiger partial charge >= 0.3 is 0 Å². The lowest BCUT2D eigenvalue weighted by Crippen LogP contribution is -2.00. The Kier molecular flexibility index (Phi) is 1.61. The Labute approximate surface area is 87.3 Å². The highest BCUT2D eigenvalue weighted by Gasteiger charge is 2.12. The van der Waals surface area contributed by atoms with E-state index in [1.54, 1.807) is 0 Å². The number of hydrogen-bond acceptors (Lipinski definition) is 1. The van der Waals surface area contributed by atoms with Crippen LogP contribution in [0.3, 0.4) is 0 Å². The maximum absolute atomic E-state index is 11.6. The topological polar surface area (TPSA) is 17.1 Å². The Balaban J connectivity index is 2.50. The van der Waals surface area contributed by atoms with Gasteiger partial charge in [-0.25, -0.2) is 0 Å². The summed E-state index contributed by atoms with van der Waals surface area (Å²) in [5.74, 6) is 0.0400. The van der Waals surface area contributed by atoms with Crippen LogP contribution in [-0.4, -0.2) is 5.78 Å². The number of benzene rings is 2. The molecule has 1 heteroatoms. The first-order valence-electron chi connectivity index (χ1n) is 4.85. The van der Waals surface area contributed by atoms with Gasteiger partial charge in [-0.15, -0.1) is 5.73 Å².